The van der Waals surface area contributed by atoms with Gasteiger partial charge in [-0.2, -0.15) is 0 Å². The van der Waals surface area contributed by atoms with Crippen LogP contribution in [-0.4, -0.2) is 47.2 Å². The van der Waals surface area contributed by atoms with Crippen LogP contribution in [0.2, 0.25) is 0 Å². The van der Waals surface area contributed by atoms with Gasteiger partial charge in [-0.15, -0.1) is 5.10 Å². The van der Waals surface area contributed by atoms with Crippen molar-refractivity contribution in [1.29, 1.82) is 0 Å². The Labute approximate surface area is 97.7 Å². The maximum absolute atomic E-state index is 11.5. The zero-order chi connectivity index (χ0) is 13.0. The minimum atomic E-state index is -0.749. The number of rotatable bonds is 4. The lowest BCUT2D eigenvalue weighted by Crippen LogP contribution is -2.26. The second-order valence-electron chi connectivity index (χ2n) is 3.43. The van der Waals surface area contributed by atoms with Crippen molar-refractivity contribution in [2.45, 2.75) is 19.5 Å². The van der Waals surface area contributed by atoms with Crippen molar-refractivity contribution < 1.29 is 19.1 Å². The number of ether oxygens (including phenoxy) is 2. The van der Waals surface area contributed by atoms with Gasteiger partial charge in [0.05, 0.1) is 20.8 Å². The monoisotopic (exact) mass is 242 g/mol. The first-order valence-corrected chi connectivity index (χ1v) is 4.87. The summed E-state index contributed by atoms with van der Waals surface area (Å²) in [5, 5.41) is 7.27. The van der Waals surface area contributed by atoms with Crippen LogP contribution in [0.5, 0.6) is 0 Å². The highest BCUT2D eigenvalue weighted by Crippen LogP contribution is 2.09. The Bertz CT molecular complexity index is 427. The van der Waals surface area contributed by atoms with Crippen molar-refractivity contribution in [1.82, 2.24) is 15.0 Å². The minimum Gasteiger partial charge on any atom is -0.464 e. The quantitative estimate of drug-likeness (QED) is 0.688. The Kier molecular flexibility index (Phi) is 4.16. The van der Waals surface area contributed by atoms with E-state index < -0.39 is 11.9 Å². The Hall–Kier alpha value is -1.96. The molecule has 17 heavy (non-hydrogen) atoms. The molecule has 0 fully saturated rings. The molecule has 0 aliphatic carbocycles. The molecule has 0 saturated heterocycles. The molecule has 1 heterocycles. The smallest absolute Gasteiger partial charge is 0.361 e. The highest BCUT2D eigenvalue weighted by molar-refractivity contribution is 6.00. The largest absolute Gasteiger partial charge is 0.464 e. The number of nitrogens with zero attached hydrogens (tertiary/aromatic N) is 3. The van der Waals surface area contributed by atoms with Crippen molar-refractivity contribution in [2.24, 2.45) is 5.73 Å². The molecule has 0 spiro atoms. The van der Waals surface area contributed by atoms with E-state index in [2.05, 4.69) is 19.8 Å². The van der Waals surface area contributed by atoms with E-state index in [1.807, 2.05) is 0 Å². The molecule has 2 N–H and O–H groups in total. The van der Waals surface area contributed by atoms with Crippen LogP contribution in [-0.2, 0) is 16.0 Å². The molecule has 1 atom stereocenters. The summed E-state index contributed by atoms with van der Waals surface area (Å²) in [5.41, 5.74) is 5.36. The van der Waals surface area contributed by atoms with Gasteiger partial charge < -0.3 is 15.2 Å². The van der Waals surface area contributed by atoms with Crippen molar-refractivity contribution in [3.8, 4) is 0 Å². The Morgan fingerprint density at radius 3 is 2.41 bits per heavy atom. The molecule has 8 heteroatoms. The van der Waals surface area contributed by atoms with Crippen LogP contribution in [0.1, 0.15) is 27.9 Å². The molecule has 0 amide bonds. The summed E-state index contributed by atoms with van der Waals surface area (Å²) in [6.45, 7) is 1.98. The number of nitrogens with two attached hydrogens (primary N) is 1. The maximum Gasteiger partial charge on any atom is 0.361 e. The van der Waals surface area contributed by atoms with Crippen molar-refractivity contribution >= 4 is 11.9 Å². The number of carbonyl (C=O) groups excluding carboxylic acids is 2. The number of carbonyl (C=O) groups is 2. The molecule has 1 aromatic heterocycles. The van der Waals surface area contributed by atoms with Crippen molar-refractivity contribution in [3.05, 3.63) is 11.4 Å². The standard InChI is InChI=1S/C9H14N4O4/c1-5(10)4-13-7(9(15)17-3)6(11-12-13)8(14)16-2/h5H,4,10H2,1-3H3/t5-/m0/s1. The van der Waals surface area contributed by atoms with Gasteiger partial charge in [-0.25, -0.2) is 14.3 Å². The highest BCUT2D eigenvalue weighted by Gasteiger charge is 2.26. The Balaban J connectivity index is 3.19. The zero-order valence-electron chi connectivity index (χ0n) is 9.84. The third-order valence-electron chi connectivity index (χ3n) is 1.95. The summed E-state index contributed by atoms with van der Waals surface area (Å²) in [7, 11) is 2.39. The SMILES string of the molecule is COC(=O)c1nnn(C[C@H](C)N)c1C(=O)OC. The van der Waals surface area contributed by atoms with Crippen LogP contribution in [0.15, 0.2) is 0 Å². The van der Waals surface area contributed by atoms with Gasteiger partial charge in [-0.3, -0.25) is 0 Å². The number of esters is 2. The molecule has 1 rings (SSSR count). The number of methoxy groups -OCH3 is 2. The summed E-state index contributed by atoms with van der Waals surface area (Å²) in [6.07, 6.45) is 0. The summed E-state index contributed by atoms with van der Waals surface area (Å²) in [6, 6.07) is -0.245. The normalized spacial score (nSPS) is 12.0. The van der Waals surface area contributed by atoms with E-state index in [0.717, 1.165) is 0 Å². The third-order valence-corrected chi connectivity index (χ3v) is 1.95. The topological polar surface area (TPSA) is 109 Å². The Morgan fingerprint density at radius 1 is 1.35 bits per heavy atom. The van der Waals surface area contributed by atoms with E-state index >= 15 is 0 Å². The molecule has 0 aliphatic rings. The number of aromatic nitrogens is 3. The van der Waals surface area contributed by atoms with Crippen LogP contribution in [0, 0.1) is 0 Å². The lowest BCUT2D eigenvalue weighted by atomic mass is 10.3. The van der Waals surface area contributed by atoms with E-state index in [-0.39, 0.29) is 24.0 Å². The average molecular weight is 242 g/mol. The van der Waals surface area contributed by atoms with E-state index in [0.29, 0.717) is 0 Å². The zero-order valence-corrected chi connectivity index (χ0v) is 9.84. The molecule has 0 aromatic carbocycles. The van der Waals surface area contributed by atoms with Crippen LogP contribution in [0.25, 0.3) is 0 Å². The average Bonchev–Trinajstić information content (AvgIpc) is 2.69. The Morgan fingerprint density at radius 2 is 1.94 bits per heavy atom. The molecular weight excluding hydrogens is 228 g/mol. The molecular formula is C9H14N4O4. The fourth-order valence-corrected chi connectivity index (χ4v) is 1.25. The van der Waals surface area contributed by atoms with Gasteiger partial charge >= 0.3 is 11.9 Å². The fourth-order valence-electron chi connectivity index (χ4n) is 1.25. The van der Waals surface area contributed by atoms with Gasteiger partial charge in [0.1, 0.15) is 0 Å². The van der Waals surface area contributed by atoms with Crippen LogP contribution >= 0.6 is 0 Å². The van der Waals surface area contributed by atoms with Gasteiger partial charge in [0.25, 0.3) is 0 Å². The van der Waals surface area contributed by atoms with Crippen LogP contribution in [0.4, 0.5) is 0 Å². The molecule has 0 saturated carbocycles. The van der Waals surface area contributed by atoms with Crippen LogP contribution in [0.3, 0.4) is 0 Å². The second-order valence-corrected chi connectivity index (χ2v) is 3.43. The van der Waals surface area contributed by atoms with Gasteiger partial charge in [0.2, 0.25) is 5.69 Å². The first-order chi connectivity index (χ1) is 8.01. The van der Waals surface area contributed by atoms with E-state index in [1.54, 1.807) is 6.92 Å². The maximum atomic E-state index is 11.5. The highest BCUT2D eigenvalue weighted by atomic mass is 16.5. The van der Waals surface area contributed by atoms with Gasteiger partial charge in [-0.05, 0) is 6.92 Å². The molecule has 0 radical (unpaired) electrons. The predicted molar refractivity (Wildman–Crippen MR) is 56.4 cm³/mol. The minimum absolute atomic E-state index is 0.0587. The number of hydrogen-bond acceptors (Lipinski definition) is 7. The predicted octanol–water partition coefficient (Wildman–Crippen LogP) is -0.801. The van der Waals surface area contributed by atoms with Crippen molar-refractivity contribution in [3.63, 3.8) is 0 Å². The van der Waals surface area contributed by atoms with Gasteiger partial charge in [-0.1, -0.05) is 5.21 Å². The number of hydrogen-bond donors (Lipinski definition) is 1. The first-order valence-electron chi connectivity index (χ1n) is 4.87. The first kappa shape index (κ1) is 13.1. The van der Waals surface area contributed by atoms with E-state index in [1.165, 1.54) is 18.9 Å². The van der Waals surface area contributed by atoms with E-state index in [9.17, 15) is 9.59 Å². The lowest BCUT2D eigenvalue weighted by molar-refractivity contribution is 0.0543. The van der Waals surface area contributed by atoms with Gasteiger partial charge in [0, 0.05) is 6.04 Å². The lowest BCUT2D eigenvalue weighted by Gasteiger charge is -2.07. The van der Waals surface area contributed by atoms with Gasteiger partial charge in [0.15, 0.2) is 5.69 Å². The summed E-state index contributed by atoms with van der Waals surface area (Å²) in [4.78, 5) is 22.9. The van der Waals surface area contributed by atoms with Crippen molar-refractivity contribution in [2.75, 3.05) is 14.2 Å². The third kappa shape index (κ3) is 2.78. The summed E-state index contributed by atoms with van der Waals surface area (Å²) in [5.74, 6) is -1.46. The molecule has 1 aromatic rings. The fraction of sp³-hybridized carbons (Fsp3) is 0.556. The van der Waals surface area contributed by atoms with Crippen LogP contribution < -0.4 is 5.73 Å². The van der Waals surface area contributed by atoms with E-state index in [4.69, 9.17) is 5.73 Å². The molecule has 0 aliphatic heterocycles. The molecule has 0 unspecified atom stereocenters. The summed E-state index contributed by atoms with van der Waals surface area (Å²) >= 11 is 0. The molecule has 8 nitrogen and oxygen atoms in total. The molecule has 94 valence electrons. The molecule has 0 bridgehead atoms. The second kappa shape index (κ2) is 5.39. The summed E-state index contributed by atoms with van der Waals surface area (Å²) < 4.78 is 10.3.